The second-order valence-electron chi connectivity index (χ2n) is 5.44. The lowest BCUT2D eigenvalue weighted by atomic mass is 10.1. The zero-order valence-corrected chi connectivity index (χ0v) is 13.5. The maximum Gasteiger partial charge on any atom is 0.253 e. The monoisotopic (exact) mass is 320 g/mol. The lowest BCUT2D eigenvalue weighted by molar-refractivity contribution is -0.120. The molecule has 2 rings (SSSR count). The molecule has 1 unspecified atom stereocenters. The number of hydrogen-bond donors (Lipinski definition) is 2. The first kappa shape index (κ1) is 16.5. The molecule has 5 nitrogen and oxygen atoms in total. The number of carbonyl (C=O) groups is 1. The number of rotatable bonds is 5. The number of primary amides is 1. The summed E-state index contributed by atoms with van der Waals surface area (Å²) in [5.41, 5.74) is 11.8. The van der Waals surface area contributed by atoms with E-state index in [0.717, 1.165) is 5.39 Å². The van der Waals surface area contributed by atoms with Gasteiger partial charge < -0.3 is 11.5 Å². The fourth-order valence-corrected chi connectivity index (χ4v) is 4.72. The van der Waals surface area contributed by atoms with Gasteiger partial charge in [-0.3, -0.25) is 4.79 Å². The minimum atomic E-state index is -4.12. The second kappa shape index (κ2) is 5.70. The lowest BCUT2D eigenvalue weighted by Gasteiger charge is -2.27. The molecule has 0 aliphatic carbocycles. The van der Waals surface area contributed by atoms with Gasteiger partial charge in [0.15, 0.2) is 0 Å². The summed E-state index contributed by atoms with van der Waals surface area (Å²) in [5, 5.41) is 1.32. The number of carbonyl (C=O) groups excluding carboxylic acids is 1. The molecular weight excluding hydrogens is 300 g/mol. The molecule has 0 spiro atoms. The van der Waals surface area contributed by atoms with Crippen molar-refractivity contribution in [3.63, 3.8) is 0 Å². The van der Waals surface area contributed by atoms with Crippen molar-refractivity contribution < 1.29 is 13.2 Å². The van der Waals surface area contributed by atoms with Gasteiger partial charge in [0, 0.05) is 5.39 Å². The molecule has 2 aromatic rings. The highest BCUT2D eigenvalue weighted by Gasteiger charge is 2.47. The number of amides is 1. The Morgan fingerprint density at radius 3 is 2.41 bits per heavy atom. The Hall–Kier alpha value is -1.92. The summed E-state index contributed by atoms with van der Waals surface area (Å²) in [6.07, 6.45) is 0.413. The number of aryl methyl sites for hydroxylation is 1. The Labute approximate surface area is 130 Å². The molecule has 1 amide bonds. The number of benzene rings is 2. The molecule has 0 aliphatic rings. The van der Waals surface area contributed by atoms with Gasteiger partial charge in [-0.05, 0) is 24.3 Å². The highest BCUT2D eigenvalue weighted by molar-refractivity contribution is 7.93. The van der Waals surface area contributed by atoms with Crippen molar-refractivity contribution >= 4 is 26.5 Å². The van der Waals surface area contributed by atoms with Gasteiger partial charge in [-0.2, -0.15) is 0 Å². The van der Waals surface area contributed by atoms with Gasteiger partial charge in [-0.25, -0.2) is 8.42 Å². The van der Waals surface area contributed by atoms with Crippen LogP contribution < -0.4 is 11.5 Å². The molecule has 0 aromatic heterocycles. The van der Waals surface area contributed by atoms with E-state index in [2.05, 4.69) is 0 Å². The van der Waals surface area contributed by atoms with Gasteiger partial charge in [0.25, 0.3) is 5.91 Å². The fourth-order valence-electron chi connectivity index (χ4n) is 2.65. The Kier molecular flexibility index (Phi) is 4.26. The fraction of sp³-hybridized carbons (Fsp3) is 0.312. The predicted octanol–water partition coefficient (Wildman–Crippen LogP) is 1.86. The van der Waals surface area contributed by atoms with Crippen LogP contribution >= 0.6 is 0 Å². The number of hydrogen-bond acceptors (Lipinski definition) is 4. The molecule has 0 saturated carbocycles. The molecule has 6 heteroatoms. The van der Waals surface area contributed by atoms with Crippen molar-refractivity contribution in [2.24, 2.45) is 11.5 Å². The molecule has 4 N–H and O–H groups in total. The highest BCUT2D eigenvalue weighted by atomic mass is 32.2. The van der Waals surface area contributed by atoms with E-state index in [0.29, 0.717) is 17.4 Å². The zero-order chi connectivity index (χ0) is 16.5. The first-order chi connectivity index (χ1) is 10.3. The van der Waals surface area contributed by atoms with Gasteiger partial charge in [0.2, 0.25) is 14.7 Å². The lowest BCUT2D eigenvalue weighted by Crippen LogP contribution is -2.57. The van der Waals surface area contributed by atoms with Crippen LogP contribution in [0.25, 0.3) is 10.8 Å². The number of nitrogens with two attached hydrogens (primary N) is 2. The van der Waals surface area contributed by atoms with Gasteiger partial charge in [0.05, 0.1) is 4.90 Å². The maximum absolute atomic E-state index is 13.1. The second-order valence-corrected chi connectivity index (χ2v) is 7.58. The van der Waals surface area contributed by atoms with E-state index < -0.39 is 20.6 Å². The van der Waals surface area contributed by atoms with E-state index in [-0.39, 0.29) is 11.3 Å². The summed E-state index contributed by atoms with van der Waals surface area (Å²) >= 11 is 0. The van der Waals surface area contributed by atoms with Crippen LogP contribution in [-0.4, -0.2) is 19.2 Å². The van der Waals surface area contributed by atoms with Crippen molar-refractivity contribution in [1.82, 2.24) is 0 Å². The van der Waals surface area contributed by atoms with Gasteiger partial charge in [0.1, 0.15) is 0 Å². The molecule has 0 saturated heterocycles. The third kappa shape index (κ3) is 2.38. The van der Waals surface area contributed by atoms with E-state index in [9.17, 15) is 13.2 Å². The number of fused-ring (bicyclic) bond motifs is 1. The van der Waals surface area contributed by atoms with Crippen molar-refractivity contribution in [1.29, 1.82) is 0 Å². The molecule has 0 heterocycles. The van der Waals surface area contributed by atoms with E-state index >= 15 is 0 Å². The van der Waals surface area contributed by atoms with Crippen LogP contribution in [0, 0.1) is 6.92 Å². The molecule has 118 valence electrons. The molecule has 0 radical (unpaired) electrons. The standard InChI is InChI=1S/C16H20N2O3S/c1-3-10-16(18,15(17)19)22(20,21)14-11(2)8-9-12-6-4-5-7-13(12)14/h4-9H,3,10,18H2,1-2H3,(H2,17,19). The van der Waals surface area contributed by atoms with Crippen molar-refractivity contribution in [2.45, 2.75) is 36.5 Å². The van der Waals surface area contributed by atoms with E-state index in [1.54, 1.807) is 32.0 Å². The summed E-state index contributed by atoms with van der Waals surface area (Å²) in [7, 11) is -4.12. The van der Waals surface area contributed by atoms with Gasteiger partial charge >= 0.3 is 0 Å². The van der Waals surface area contributed by atoms with Crippen LogP contribution in [-0.2, 0) is 14.6 Å². The molecule has 22 heavy (non-hydrogen) atoms. The van der Waals surface area contributed by atoms with E-state index in [1.807, 2.05) is 18.2 Å². The van der Waals surface area contributed by atoms with E-state index in [1.165, 1.54) is 0 Å². The van der Waals surface area contributed by atoms with Gasteiger partial charge in [-0.1, -0.05) is 49.7 Å². The minimum Gasteiger partial charge on any atom is -0.367 e. The Balaban J connectivity index is 2.84. The molecule has 1 atom stereocenters. The van der Waals surface area contributed by atoms with Crippen LogP contribution in [0.15, 0.2) is 41.3 Å². The summed E-state index contributed by atoms with van der Waals surface area (Å²) in [5.74, 6) is -1.03. The number of sulfone groups is 1. The molecule has 2 aromatic carbocycles. The molecule has 0 aliphatic heterocycles. The third-order valence-corrected chi connectivity index (χ3v) is 6.31. The third-order valence-electron chi connectivity index (χ3n) is 3.86. The Morgan fingerprint density at radius 1 is 1.18 bits per heavy atom. The minimum absolute atomic E-state index is 0.0205. The van der Waals surface area contributed by atoms with Crippen molar-refractivity contribution in [2.75, 3.05) is 0 Å². The topological polar surface area (TPSA) is 103 Å². The van der Waals surface area contributed by atoms with Crippen LogP contribution in [0.2, 0.25) is 0 Å². The SMILES string of the molecule is CCCC(N)(C(N)=O)S(=O)(=O)c1c(C)ccc2ccccc12. The predicted molar refractivity (Wildman–Crippen MR) is 86.9 cm³/mol. The average molecular weight is 320 g/mol. The van der Waals surface area contributed by atoms with Crippen molar-refractivity contribution in [3.8, 4) is 0 Å². The van der Waals surface area contributed by atoms with Crippen LogP contribution in [0.5, 0.6) is 0 Å². The Morgan fingerprint density at radius 2 is 1.82 bits per heavy atom. The first-order valence-corrected chi connectivity index (χ1v) is 8.55. The maximum atomic E-state index is 13.1. The molecular formula is C16H20N2O3S. The summed E-state index contributed by atoms with van der Waals surface area (Å²) in [6, 6.07) is 10.7. The van der Waals surface area contributed by atoms with Crippen LogP contribution in [0.1, 0.15) is 25.3 Å². The quantitative estimate of drug-likeness (QED) is 0.877. The first-order valence-electron chi connectivity index (χ1n) is 7.07. The average Bonchev–Trinajstić information content (AvgIpc) is 2.46. The van der Waals surface area contributed by atoms with Crippen LogP contribution in [0.3, 0.4) is 0 Å². The zero-order valence-electron chi connectivity index (χ0n) is 12.7. The van der Waals surface area contributed by atoms with Crippen molar-refractivity contribution in [3.05, 3.63) is 42.0 Å². The smallest absolute Gasteiger partial charge is 0.253 e. The van der Waals surface area contributed by atoms with Crippen LogP contribution in [0.4, 0.5) is 0 Å². The largest absolute Gasteiger partial charge is 0.367 e. The van der Waals surface area contributed by atoms with E-state index in [4.69, 9.17) is 11.5 Å². The highest BCUT2D eigenvalue weighted by Crippen LogP contribution is 2.33. The molecule has 0 fully saturated rings. The Bertz CT molecular complexity index is 830. The van der Waals surface area contributed by atoms with Gasteiger partial charge in [-0.15, -0.1) is 0 Å². The normalized spacial score (nSPS) is 14.7. The molecule has 0 bridgehead atoms. The summed E-state index contributed by atoms with van der Waals surface area (Å²) in [4.78, 5) is 9.78. The summed E-state index contributed by atoms with van der Waals surface area (Å²) < 4.78 is 26.2. The summed E-state index contributed by atoms with van der Waals surface area (Å²) in [6.45, 7) is 3.45.